The van der Waals surface area contributed by atoms with Gasteiger partial charge in [0.15, 0.2) is 0 Å². The smallest absolute Gasteiger partial charge is 0.313 e. The molecule has 0 amide bonds. The number of methoxy groups -OCH3 is 1. The van der Waals surface area contributed by atoms with E-state index in [4.69, 9.17) is 9.84 Å². The quantitative estimate of drug-likeness (QED) is 0.421. The molecule has 2 aromatic rings. The second-order valence-corrected chi connectivity index (χ2v) is 8.89. The van der Waals surface area contributed by atoms with Crippen LogP contribution >= 0.6 is 23.7 Å². The lowest BCUT2D eigenvalue weighted by Crippen LogP contribution is -2.34. The van der Waals surface area contributed by atoms with Gasteiger partial charge in [-0.2, -0.15) is 0 Å². The third-order valence-corrected chi connectivity index (χ3v) is 6.81. The first-order chi connectivity index (χ1) is 15.1. The summed E-state index contributed by atoms with van der Waals surface area (Å²) in [6, 6.07) is 15.1. The van der Waals surface area contributed by atoms with Crippen molar-refractivity contribution in [3.05, 3.63) is 48.0 Å². The summed E-state index contributed by atoms with van der Waals surface area (Å²) in [7, 11) is 1.67. The van der Waals surface area contributed by atoms with Gasteiger partial charge in [0.25, 0.3) is 0 Å². The number of para-hydroxylation sites is 1. The van der Waals surface area contributed by atoms with Crippen LogP contribution in [0, 0.1) is 0 Å². The van der Waals surface area contributed by atoms with E-state index in [2.05, 4.69) is 52.9 Å². The van der Waals surface area contributed by atoms with Crippen molar-refractivity contribution in [2.45, 2.75) is 56.7 Å². The summed E-state index contributed by atoms with van der Waals surface area (Å²) in [5, 5.41) is 8.94. The van der Waals surface area contributed by atoms with Gasteiger partial charge >= 0.3 is 5.97 Å². The van der Waals surface area contributed by atoms with E-state index in [1.54, 1.807) is 19.1 Å². The molecule has 1 unspecified atom stereocenters. The number of nitrogens with one attached hydrogen (secondary N) is 1. The van der Waals surface area contributed by atoms with Gasteiger partial charge in [-0.3, -0.25) is 9.52 Å². The number of ether oxygens (including phenoxy) is 1. The summed E-state index contributed by atoms with van der Waals surface area (Å²) in [5.41, 5.74) is 3.30. The molecule has 1 aliphatic heterocycles. The van der Waals surface area contributed by atoms with Crippen LogP contribution in [0.15, 0.2) is 47.4 Å². The fraction of sp³-hybridized carbons (Fsp3) is 0.458. The Morgan fingerprint density at radius 3 is 2.68 bits per heavy atom. The zero-order valence-corrected chi connectivity index (χ0v) is 20.5. The molecule has 0 bridgehead atoms. The van der Waals surface area contributed by atoms with Crippen molar-refractivity contribution < 1.29 is 14.6 Å². The van der Waals surface area contributed by atoms with Crippen LogP contribution < -0.4 is 14.4 Å². The van der Waals surface area contributed by atoms with Crippen molar-refractivity contribution in [2.24, 2.45) is 0 Å². The van der Waals surface area contributed by atoms with E-state index in [1.165, 1.54) is 24.6 Å². The Bertz CT molecular complexity index is 818. The molecule has 7 heteroatoms. The second-order valence-electron chi connectivity index (χ2n) is 7.02. The second kappa shape index (κ2) is 13.6. The number of hydrogen-bond donors (Lipinski definition) is 2. The molecular formula is C24H34N2O3S2. The molecule has 0 saturated carbocycles. The highest BCUT2D eigenvalue weighted by Gasteiger charge is 2.25. The van der Waals surface area contributed by atoms with Gasteiger partial charge in [0, 0.05) is 40.6 Å². The van der Waals surface area contributed by atoms with Crippen LogP contribution in [0.25, 0.3) is 0 Å². The maximum absolute atomic E-state index is 10.9. The van der Waals surface area contributed by atoms with E-state index in [1.807, 2.05) is 19.9 Å². The van der Waals surface area contributed by atoms with E-state index < -0.39 is 5.97 Å². The number of benzene rings is 2. The Labute approximate surface area is 195 Å². The molecule has 0 aliphatic carbocycles. The lowest BCUT2D eigenvalue weighted by Gasteiger charge is -2.28. The van der Waals surface area contributed by atoms with Gasteiger partial charge in [-0.05, 0) is 36.6 Å². The first kappa shape index (κ1) is 25.4. The summed E-state index contributed by atoms with van der Waals surface area (Å²) < 4.78 is 9.31. The Balaban J connectivity index is 0.00000166. The largest absolute Gasteiger partial charge is 0.496 e. The van der Waals surface area contributed by atoms with Crippen LogP contribution in [0.3, 0.4) is 0 Å². The van der Waals surface area contributed by atoms with Crippen LogP contribution in [-0.2, 0) is 10.5 Å². The van der Waals surface area contributed by atoms with Gasteiger partial charge in [0.2, 0.25) is 0 Å². The third kappa shape index (κ3) is 7.37. The first-order valence-electron chi connectivity index (χ1n) is 10.9. The predicted molar refractivity (Wildman–Crippen MR) is 134 cm³/mol. The number of carboxylic acids is 1. The van der Waals surface area contributed by atoms with Gasteiger partial charge in [0.05, 0.1) is 18.6 Å². The minimum absolute atomic E-state index is 0.0842. The molecule has 2 N–H and O–H groups in total. The van der Waals surface area contributed by atoms with Crippen LogP contribution in [0.1, 0.15) is 45.6 Å². The van der Waals surface area contributed by atoms with Crippen molar-refractivity contribution in [1.82, 2.24) is 4.72 Å². The molecule has 1 atom stereocenters. The van der Waals surface area contributed by atoms with E-state index >= 15 is 0 Å². The van der Waals surface area contributed by atoms with E-state index in [9.17, 15) is 4.79 Å². The topological polar surface area (TPSA) is 61.8 Å². The van der Waals surface area contributed by atoms with Crippen molar-refractivity contribution >= 4 is 41.1 Å². The molecular weight excluding hydrogens is 428 g/mol. The average Bonchev–Trinajstić information content (AvgIpc) is 2.98. The summed E-state index contributed by atoms with van der Waals surface area (Å²) in [5.74, 6) is 0.693. The number of nitrogens with zero attached hydrogens (tertiary/aromatic N) is 1. The molecule has 5 nitrogen and oxygen atoms in total. The number of hydrogen-bond acceptors (Lipinski definition) is 6. The fourth-order valence-corrected chi connectivity index (χ4v) is 5.07. The lowest BCUT2D eigenvalue weighted by molar-refractivity contribution is -0.133. The molecule has 0 aromatic heterocycles. The highest BCUT2D eigenvalue weighted by atomic mass is 32.2. The number of carbonyl (C=O) groups is 1. The maximum atomic E-state index is 10.9. The van der Waals surface area contributed by atoms with Gasteiger partial charge < -0.3 is 14.7 Å². The van der Waals surface area contributed by atoms with Gasteiger partial charge in [0.1, 0.15) is 5.75 Å². The number of unbranched alkanes of at least 4 members (excludes halogenated alkanes) is 1. The molecule has 0 spiro atoms. The van der Waals surface area contributed by atoms with Crippen molar-refractivity contribution in [2.75, 3.05) is 24.3 Å². The molecule has 0 fully saturated rings. The summed E-state index contributed by atoms with van der Waals surface area (Å²) in [4.78, 5) is 14.4. The Morgan fingerprint density at radius 1 is 1.29 bits per heavy atom. The molecule has 1 aliphatic rings. The number of thioether (sulfide) groups is 1. The van der Waals surface area contributed by atoms with Crippen LogP contribution in [-0.4, -0.2) is 36.5 Å². The zero-order valence-electron chi connectivity index (χ0n) is 18.9. The maximum Gasteiger partial charge on any atom is 0.313 e. The number of rotatable bonds is 9. The monoisotopic (exact) mass is 462 g/mol. The molecule has 2 aromatic carbocycles. The van der Waals surface area contributed by atoms with E-state index in [0.29, 0.717) is 11.8 Å². The van der Waals surface area contributed by atoms with E-state index in [-0.39, 0.29) is 5.75 Å². The SMILES string of the molecule is CC.CCCCC1CN(c2ccccc2)c2cc(OC)c(CSCC(=O)O)cc2SN1. The van der Waals surface area contributed by atoms with Crippen molar-refractivity contribution in [3.63, 3.8) is 0 Å². The number of carboxylic acid groups (broad SMARTS) is 1. The molecule has 1 heterocycles. The van der Waals surface area contributed by atoms with Crippen molar-refractivity contribution in [1.29, 1.82) is 0 Å². The molecule has 0 radical (unpaired) electrons. The predicted octanol–water partition coefficient (Wildman–Crippen LogP) is 6.35. The molecule has 170 valence electrons. The molecule has 31 heavy (non-hydrogen) atoms. The minimum Gasteiger partial charge on any atom is -0.496 e. The highest BCUT2D eigenvalue weighted by Crippen LogP contribution is 2.41. The minimum atomic E-state index is -0.797. The fourth-order valence-electron chi connectivity index (χ4n) is 3.39. The summed E-state index contributed by atoms with van der Waals surface area (Å²) in [6.45, 7) is 7.11. The van der Waals surface area contributed by atoms with Gasteiger partial charge in [-0.25, -0.2) is 0 Å². The first-order valence-corrected chi connectivity index (χ1v) is 12.8. The summed E-state index contributed by atoms with van der Waals surface area (Å²) in [6.07, 6.45) is 3.50. The Hall–Kier alpha value is -1.83. The highest BCUT2D eigenvalue weighted by molar-refractivity contribution is 7.99. The summed E-state index contributed by atoms with van der Waals surface area (Å²) >= 11 is 3.05. The number of aliphatic carboxylic acids is 1. The van der Waals surface area contributed by atoms with Crippen LogP contribution in [0.4, 0.5) is 11.4 Å². The number of anilines is 2. The standard InChI is InChI=1S/C22H28N2O3S2.C2H6/c1-3-4-8-17-13-24(18-9-6-5-7-10-18)19-12-20(27-2)16(11-21(19)29-23-17)14-28-15-22(25)26;1-2/h5-7,9-12,17,23H,3-4,8,13-15H2,1-2H3,(H,25,26);1-2H3. The van der Waals surface area contributed by atoms with E-state index in [0.717, 1.165) is 40.5 Å². The average molecular weight is 463 g/mol. The van der Waals surface area contributed by atoms with Crippen LogP contribution in [0.5, 0.6) is 5.75 Å². The molecule has 3 rings (SSSR count). The Kier molecular flexibility index (Phi) is 11.1. The van der Waals surface area contributed by atoms with Crippen molar-refractivity contribution in [3.8, 4) is 5.75 Å². The Morgan fingerprint density at radius 2 is 2.03 bits per heavy atom. The number of fused-ring (bicyclic) bond motifs is 1. The zero-order chi connectivity index (χ0) is 22.6. The van der Waals surface area contributed by atoms with Crippen LogP contribution in [0.2, 0.25) is 0 Å². The normalized spacial score (nSPS) is 15.4. The molecule has 0 saturated heterocycles. The van der Waals surface area contributed by atoms with Gasteiger partial charge in [-0.15, -0.1) is 11.8 Å². The lowest BCUT2D eigenvalue weighted by atomic mass is 10.1. The third-order valence-electron chi connectivity index (χ3n) is 4.85. The van der Waals surface area contributed by atoms with Gasteiger partial charge in [-0.1, -0.05) is 51.8 Å².